The van der Waals surface area contributed by atoms with Gasteiger partial charge in [-0.2, -0.15) is 0 Å². The van der Waals surface area contributed by atoms with E-state index in [0.717, 1.165) is 26.0 Å². The van der Waals surface area contributed by atoms with Gasteiger partial charge in [0.1, 0.15) is 0 Å². The van der Waals surface area contributed by atoms with E-state index in [1.54, 1.807) is 0 Å². The Balaban J connectivity index is 2.63. The second-order valence-corrected chi connectivity index (χ2v) is 3.85. The van der Waals surface area contributed by atoms with Crippen molar-refractivity contribution in [1.29, 1.82) is 0 Å². The predicted octanol–water partition coefficient (Wildman–Crippen LogP) is 0.169. The number of hydrogen-bond acceptors (Lipinski definition) is 2. The van der Waals surface area contributed by atoms with Crippen LogP contribution in [-0.2, 0) is 4.79 Å². The zero-order chi connectivity index (χ0) is 8.48. The van der Waals surface area contributed by atoms with Gasteiger partial charge < -0.3 is 9.80 Å². The van der Waals surface area contributed by atoms with Gasteiger partial charge in [-0.3, -0.25) is 4.79 Å². The van der Waals surface area contributed by atoms with Crippen molar-refractivity contribution >= 4 is 6.41 Å². The Kier molecular flexibility index (Phi) is 2.18. The van der Waals surface area contributed by atoms with Crippen LogP contribution in [-0.4, -0.2) is 48.4 Å². The van der Waals surface area contributed by atoms with Gasteiger partial charge in [0.15, 0.2) is 0 Å². The van der Waals surface area contributed by atoms with Gasteiger partial charge in [-0.1, -0.05) is 0 Å². The Morgan fingerprint density at radius 2 is 2.00 bits per heavy atom. The summed E-state index contributed by atoms with van der Waals surface area (Å²) < 4.78 is 0. The fourth-order valence-electron chi connectivity index (χ4n) is 1.61. The average molecular weight is 156 g/mol. The summed E-state index contributed by atoms with van der Waals surface area (Å²) in [5.41, 5.74) is 0.00868. The van der Waals surface area contributed by atoms with Gasteiger partial charge in [-0.15, -0.1) is 0 Å². The number of likely N-dealkylation sites (N-methyl/N-ethyl adjacent to an activating group) is 1. The molecule has 0 spiro atoms. The number of rotatable bonds is 1. The van der Waals surface area contributed by atoms with Gasteiger partial charge in [-0.25, -0.2) is 0 Å². The Morgan fingerprint density at radius 1 is 1.36 bits per heavy atom. The lowest BCUT2D eigenvalue weighted by Gasteiger charge is -2.44. The molecule has 1 fully saturated rings. The topological polar surface area (TPSA) is 23.6 Å². The van der Waals surface area contributed by atoms with Gasteiger partial charge in [0.05, 0.1) is 0 Å². The molecule has 11 heavy (non-hydrogen) atoms. The average Bonchev–Trinajstić information content (AvgIpc) is 1.85. The van der Waals surface area contributed by atoms with E-state index in [2.05, 4.69) is 25.8 Å². The second-order valence-electron chi connectivity index (χ2n) is 3.85. The summed E-state index contributed by atoms with van der Waals surface area (Å²) in [5.74, 6) is 0. The Labute approximate surface area is 68.0 Å². The Morgan fingerprint density at radius 3 is 2.45 bits per heavy atom. The lowest BCUT2D eigenvalue weighted by molar-refractivity contribution is -0.126. The second kappa shape index (κ2) is 2.81. The minimum atomic E-state index is 0.00868. The van der Waals surface area contributed by atoms with Gasteiger partial charge in [0.25, 0.3) is 0 Å². The quantitative estimate of drug-likeness (QED) is 0.505. The third-order valence-electron chi connectivity index (χ3n) is 2.28. The largest absolute Gasteiger partial charge is 0.338 e. The maximum absolute atomic E-state index is 10.6. The third kappa shape index (κ3) is 1.71. The zero-order valence-electron chi connectivity index (χ0n) is 7.50. The molecule has 1 aliphatic heterocycles. The van der Waals surface area contributed by atoms with Crippen molar-refractivity contribution < 1.29 is 4.79 Å². The first-order valence-corrected chi connectivity index (χ1v) is 3.97. The number of nitrogens with zero attached hydrogens (tertiary/aromatic N) is 2. The molecule has 3 heteroatoms. The number of amides is 1. The van der Waals surface area contributed by atoms with Crippen LogP contribution in [0.2, 0.25) is 0 Å². The predicted molar refractivity (Wildman–Crippen MR) is 44.3 cm³/mol. The Hall–Kier alpha value is -0.570. The van der Waals surface area contributed by atoms with Crippen LogP contribution in [0.3, 0.4) is 0 Å². The molecule has 3 nitrogen and oxygen atoms in total. The van der Waals surface area contributed by atoms with E-state index in [4.69, 9.17) is 0 Å². The van der Waals surface area contributed by atoms with Gasteiger partial charge in [0, 0.05) is 25.2 Å². The minimum absolute atomic E-state index is 0.00868. The zero-order valence-corrected chi connectivity index (χ0v) is 7.50. The fourth-order valence-corrected chi connectivity index (χ4v) is 1.61. The molecule has 0 aromatic heterocycles. The van der Waals surface area contributed by atoms with Crippen LogP contribution in [0.4, 0.5) is 0 Å². The standard InChI is InChI=1S/C8H16N2O/c1-8(2)6-9(3)4-5-10(8)7-11/h7H,4-6H2,1-3H3. The van der Waals surface area contributed by atoms with E-state index >= 15 is 0 Å². The number of carbonyl (C=O) groups excluding carboxylic acids is 1. The van der Waals surface area contributed by atoms with E-state index in [1.165, 1.54) is 0 Å². The number of piperazine rings is 1. The normalized spacial score (nSPS) is 25.2. The van der Waals surface area contributed by atoms with Crippen LogP contribution in [0, 0.1) is 0 Å². The minimum Gasteiger partial charge on any atom is -0.338 e. The van der Waals surface area contributed by atoms with Crippen molar-refractivity contribution in [3.05, 3.63) is 0 Å². The van der Waals surface area contributed by atoms with Crippen molar-refractivity contribution in [3.8, 4) is 0 Å². The molecular weight excluding hydrogens is 140 g/mol. The highest BCUT2D eigenvalue weighted by atomic mass is 16.1. The van der Waals surface area contributed by atoms with E-state index in [9.17, 15) is 4.79 Å². The maximum atomic E-state index is 10.6. The molecule has 1 amide bonds. The number of hydrogen-bond donors (Lipinski definition) is 0. The molecule has 1 rings (SSSR count). The lowest BCUT2D eigenvalue weighted by atomic mass is 10.0. The number of carbonyl (C=O) groups is 1. The van der Waals surface area contributed by atoms with E-state index in [0.29, 0.717) is 0 Å². The molecule has 0 aromatic carbocycles. The summed E-state index contributed by atoms with van der Waals surface area (Å²) >= 11 is 0. The highest BCUT2D eigenvalue weighted by Gasteiger charge is 2.30. The molecule has 0 radical (unpaired) electrons. The van der Waals surface area contributed by atoms with E-state index < -0.39 is 0 Å². The van der Waals surface area contributed by atoms with Crippen molar-refractivity contribution in [3.63, 3.8) is 0 Å². The van der Waals surface area contributed by atoms with Gasteiger partial charge in [-0.05, 0) is 20.9 Å². The molecule has 0 unspecified atom stereocenters. The maximum Gasteiger partial charge on any atom is 0.210 e. The van der Waals surface area contributed by atoms with Crippen LogP contribution < -0.4 is 0 Å². The molecule has 0 N–H and O–H groups in total. The monoisotopic (exact) mass is 156 g/mol. The molecule has 0 saturated carbocycles. The highest BCUT2D eigenvalue weighted by Crippen LogP contribution is 2.17. The lowest BCUT2D eigenvalue weighted by Crippen LogP contribution is -2.57. The summed E-state index contributed by atoms with van der Waals surface area (Å²) in [6, 6.07) is 0. The van der Waals surface area contributed by atoms with Gasteiger partial charge >= 0.3 is 0 Å². The summed E-state index contributed by atoms with van der Waals surface area (Å²) in [6.07, 6.45) is 0.951. The summed E-state index contributed by atoms with van der Waals surface area (Å²) in [4.78, 5) is 14.7. The van der Waals surface area contributed by atoms with Crippen LogP contribution in [0.25, 0.3) is 0 Å². The SMILES string of the molecule is CN1CCN(C=O)C(C)(C)C1. The van der Waals surface area contributed by atoms with Gasteiger partial charge in [0.2, 0.25) is 6.41 Å². The molecule has 0 aromatic rings. The molecule has 64 valence electrons. The first kappa shape index (κ1) is 8.53. The highest BCUT2D eigenvalue weighted by molar-refractivity contribution is 5.49. The van der Waals surface area contributed by atoms with E-state index in [-0.39, 0.29) is 5.54 Å². The molecule has 1 heterocycles. The smallest absolute Gasteiger partial charge is 0.210 e. The van der Waals surface area contributed by atoms with Crippen molar-refractivity contribution in [2.45, 2.75) is 19.4 Å². The first-order chi connectivity index (χ1) is 5.06. The van der Waals surface area contributed by atoms with Crippen molar-refractivity contribution in [2.75, 3.05) is 26.7 Å². The molecular formula is C8H16N2O. The third-order valence-corrected chi connectivity index (χ3v) is 2.28. The van der Waals surface area contributed by atoms with Crippen LogP contribution in [0.1, 0.15) is 13.8 Å². The fraction of sp³-hybridized carbons (Fsp3) is 0.875. The van der Waals surface area contributed by atoms with Crippen LogP contribution in [0.5, 0.6) is 0 Å². The molecule has 0 aliphatic carbocycles. The van der Waals surface area contributed by atoms with Crippen LogP contribution in [0.15, 0.2) is 0 Å². The van der Waals surface area contributed by atoms with Crippen LogP contribution >= 0.6 is 0 Å². The van der Waals surface area contributed by atoms with Crippen molar-refractivity contribution in [2.24, 2.45) is 0 Å². The molecule has 1 aliphatic rings. The molecule has 0 bridgehead atoms. The molecule has 1 saturated heterocycles. The summed E-state index contributed by atoms with van der Waals surface area (Å²) in [5, 5.41) is 0. The summed E-state index contributed by atoms with van der Waals surface area (Å²) in [7, 11) is 2.09. The van der Waals surface area contributed by atoms with E-state index in [1.807, 2.05) is 4.90 Å². The van der Waals surface area contributed by atoms with Crippen molar-refractivity contribution in [1.82, 2.24) is 9.80 Å². The molecule has 0 atom stereocenters. The summed E-state index contributed by atoms with van der Waals surface area (Å²) in [6.45, 7) is 7.00. The Bertz CT molecular complexity index is 156. The first-order valence-electron chi connectivity index (χ1n) is 3.97.